The van der Waals surface area contributed by atoms with Crippen LogP contribution in [-0.4, -0.2) is 62.8 Å². The maximum atomic E-state index is 12.1. The van der Waals surface area contributed by atoms with Gasteiger partial charge in [0.05, 0.1) is 6.33 Å². The second-order valence-electron chi connectivity index (χ2n) is 5.23. The highest BCUT2D eigenvalue weighted by atomic mass is 16.4. The van der Waals surface area contributed by atoms with Crippen molar-refractivity contribution in [1.29, 1.82) is 0 Å². The van der Waals surface area contributed by atoms with Crippen LogP contribution in [0, 0.1) is 5.92 Å². The van der Waals surface area contributed by atoms with Crippen LogP contribution in [0.2, 0.25) is 0 Å². The molecule has 21 heavy (non-hydrogen) atoms. The number of aliphatic carboxylic acids is 1. The highest BCUT2D eigenvalue weighted by Crippen LogP contribution is 2.16. The van der Waals surface area contributed by atoms with Gasteiger partial charge in [0.25, 0.3) is 0 Å². The second kappa shape index (κ2) is 7.07. The van der Waals surface area contributed by atoms with Crippen LogP contribution in [0.3, 0.4) is 0 Å². The van der Waals surface area contributed by atoms with Crippen LogP contribution in [0.15, 0.2) is 12.5 Å². The summed E-state index contributed by atoms with van der Waals surface area (Å²) >= 11 is 0. The van der Waals surface area contributed by atoms with E-state index in [0.29, 0.717) is 18.8 Å². The molecule has 8 heteroatoms. The van der Waals surface area contributed by atoms with Gasteiger partial charge in [-0.15, -0.1) is 0 Å². The number of aromatic nitrogens is 2. The number of urea groups is 1. The van der Waals surface area contributed by atoms with Gasteiger partial charge in [-0.3, -0.25) is 0 Å². The first-order chi connectivity index (χ1) is 10.1. The molecule has 1 aromatic rings. The van der Waals surface area contributed by atoms with Crippen molar-refractivity contribution in [3.63, 3.8) is 0 Å². The Kier molecular flexibility index (Phi) is 5.15. The molecule has 1 aromatic heterocycles. The van der Waals surface area contributed by atoms with Gasteiger partial charge in [0.15, 0.2) is 0 Å². The first-order valence-electron chi connectivity index (χ1n) is 6.96. The lowest BCUT2D eigenvalue weighted by molar-refractivity contribution is -0.139. The predicted octanol–water partition coefficient (Wildman–Crippen LogP) is -0.181. The molecule has 0 unspecified atom stereocenters. The molecule has 4 N–H and O–H groups in total. The van der Waals surface area contributed by atoms with Crippen molar-refractivity contribution in [2.24, 2.45) is 5.92 Å². The monoisotopic (exact) mass is 296 g/mol. The molecule has 1 aliphatic heterocycles. The average Bonchev–Trinajstić information content (AvgIpc) is 2.99. The summed E-state index contributed by atoms with van der Waals surface area (Å²) in [5.74, 6) is -0.850. The molecule has 0 radical (unpaired) electrons. The van der Waals surface area contributed by atoms with E-state index in [1.807, 2.05) is 0 Å². The number of nitrogens with one attached hydrogen (secondary N) is 2. The standard InChI is InChI=1S/C13H20N4O4/c18-7-9-1-3-17(4-2-9)13(21)16-11(12(19)20)5-10-6-14-8-15-10/h6,8-9,11,18H,1-5,7H2,(H,14,15)(H,16,21)(H,19,20)/t11-/m1/s1. The fourth-order valence-corrected chi connectivity index (χ4v) is 2.38. The molecule has 8 nitrogen and oxygen atoms in total. The van der Waals surface area contributed by atoms with Gasteiger partial charge in [0.1, 0.15) is 6.04 Å². The summed E-state index contributed by atoms with van der Waals surface area (Å²) in [6.45, 7) is 1.20. The summed E-state index contributed by atoms with van der Waals surface area (Å²) in [5.41, 5.74) is 0.654. The lowest BCUT2D eigenvalue weighted by Crippen LogP contribution is -2.51. The number of H-pyrrole nitrogens is 1. The Morgan fingerprint density at radius 2 is 2.19 bits per heavy atom. The van der Waals surface area contributed by atoms with Crippen molar-refractivity contribution in [2.45, 2.75) is 25.3 Å². The number of rotatable bonds is 5. The van der Waals surface area contributed by atoms with Crippen molar-refractivity contribution in [2.75, 3.05) is 19.7 Å². The van der Waals surface area contributed by atoms with Gasteiger partial charge in [0, 0.05) is 38.0 Å². The summed E-state index contributed by atoms with van der Waals surface area (Å²) in [6, 6.07) is -1.37. The van der Waals surface area contributed by atoms with Gasteiger partial charge in [0.2, 0.25) is 0 Å². The first kappa shape index (κ1) is 15.3. The maximum Gasteiger partial charge on any atom is 0.326 e. The van der Waals surface area contributed by atoms with E-state index >= 15 is 0 Å². The minimum absolute atomic E-state index is 0.132. The largest absolute Gasteiger partial charge is 0.480 e. The zero-order valence-electron chi connectivity index (χ0n) is 11.7. The fraction of sp³-hybridized carbons (Fsp3) is 0.615. The molecule has 0 aliphatic carbocycles. The fourth-order valence-electron chi connectivity index (χ4n) is 2.38. The van der Waals surface area contributed by atoms with E-state index in [0.717, 1.165) is 12.8 Å². The quantitative estimate of drug-likeness (QED) is 0.601. The number of carboxylic acid groups (broad SMARTS) is 1. The number of hydrogen-bond acceptors (Lipinski definition) is 4. The number of piperidine rings is 1. The van der Waals surface area contributed by atoms with E-state index < -0.39 is 12.0 Å². The number of hydrogen-bond donors (Lipinski definition) is 4. The number of carbonyl (C=O) groups excluding carboxylic acids is 1. The number of likely N-dealkylation sites (tertiary alicyclic amines) is 1. The summed E-state index contributed by atoms with van der Waals surface area (Å²) in [4.78, 5) is 31.6. The molecular formula is C13H20N4O4. The van der Waals surface area contributed by atoms with Crippen LogP contribution in [0.1, 0.15) is 18.5 Å². The SMILES string of the molecule is O=C(O)[C@@H](Cc1cnc[nH]1)NC(=O)N1CCC(CO)CC1. The van der Waals surface area contributed by atoms with Crippen LogP contribution in [0.5, 0.6) is 0 Å². The zero-order chi connectivity index (χ0) is 15.2. The Morgan fingerprint density at radius 1 is 1.48 bits per heavy atom. The Bertz CT molecular complexity index is 469. The van der Waals surface area contributed by atoms with Gasteiger partial charge < -0.3 is 25.4 Å². The van der Waals surface area contributed by atoms with Crippen molar-refractivity contribution in [1.82, 2.24) is 20.2 Å². The third-order valence-corrected chi connectivity index (χ3v) is 3.73. The minimum Gasteiger partial charge on any atom is -0.480 e. The van der Waals surface area contributed by atoms with Gasteiger partial charge in [-0.1, -0.05) is 0 Å². The van der Waals surface area contributed by atoms with Crippen molar-refractivity contribution in [3.8, 4) is 0 Å². The van der Waals surface area contributed by atoms with Crippen LogP contribution >= 0.6 is 0 Å². The molecule has 0 spiro atoms. The summed E-state index contributed by atoms with van der Waals surface area (Å²) in [5, 5.41) is 20.8. The van der Waals surface area contributed by atoms with E-state index in [1.54, 1.807) is 4.90 Å². The summed E-state index contributed by atoms with van der Waals surface area (Å²) in [7, 11) is 0. The second-order valence-corrected chi connectivity index (χ2v) is 5.23. The van der Waals surface area contributed by atoms with Crippen molar-refractivity contribution < 1.29 is 19.8 Å². The first-order valence-corrected chi connectivity index (χ1v) is 6.96. The Labute approximate surface area is 122 Å². The predicted molar refractivity (Wildman–Crippen MR) is 73.6 cm³/mol. The van der Waals surface area contributed by atoms with E-state index in [-0.39, 0.29) is 25.0 Å². The van der Waals surface area contributed by atoms with Gasteiger partial charge in [-0.2, -0.15) is 0 Å². The molecule has 2 heterocycles. The third-order valence-electron chi connectivity index (χ3n) is 3.73. The van der Waals surface area contributed by atoms with Gasteiger partial charge in [-0.25, -0.2) is 14.6 Å². The topological polar surface area (TPSA) is 119 Å². The highest BCUT2D eigenvalue weighted by molar-refractivity contribution is 5.82. The normalized spacial score (nSPS) is 17.5. The number of amides is 2. The van der Waals surface area contributed by atoms with E-state index in [1.165, 1.54) is 12.5 Å². The molecule has 116 valence electrons. The molecule has 2 rings (SSSR count). The lowest BCUT2D eigenvalue weighted by atomic mass is 9.98. The van der Waals surface area contributed by atoms with Gasteiger partial charge in [-0.05, 0) is 18.8 Å². The smallest absolute Gasteiger partial charge is 0.326 e. The van der Waals surface area contributed by atoms with E-state index in [2.05, 4.69) is 15.3 Å². The van der Waals surface area contributed by atoms with Crippen molar-refractivity contribution in [3.05, 3.63) is 18.2 Å². The van der Waals surface area contributed by atoms with Crippen LogP contribution in [0.25, 0.3) is 0 Å². The Morgan fingerprint density at radius 3 is 2.71 bits per heavy atom. The number of aliphatic hydroxyl groups is 1. The number of aliphatic hydroxyl groups excluding tert-OH is 1. The molecule has 2 amide bonds. The van der Waals surface area contributed by atoms with Crippen LogP contribution < -0.4 is 5.32 Å². The molecule has 1 atom stereocenters. The Balaban J connectivity index is 1.88. The number of carboxylic acids is 1. The van der Waals surface area contributed by atoms with Gasteiger partial charge >= 0.3 is 12.0 Å². The number of nitrogens with zero attached hydrogens (tertiary/aromatic N) is 2. The number of carbonyl (C=O) groups is 2. The van der Waals surface area contributed by atoms with E-state index in [4.69, 9.17) is 5.11 Å². The molecule has 1 fully saturated rings. The summed E-state index contributed by atoms with van der Waals surface area (Å²) < 4.78 is 0. The minimum atomic E-state index is -1.08. The molecular weight excluding hydrogens is 276 g/mol. The number of aromatic amines is 1. The Hall–Kier alpha value is -2.09. The average molecular weight is 296 g/mol. The summed E-state index contributed by atoms with van der Waals surface area (Å²) in [6.07, 6.45) is 4.64. The van der Waals surface area contributed by atoms with E-state index in [9.17, 15) is 14.7 Å². The highest BCUT2D eigenvalue weighted by Gasteiger charge is 2.26. The van der Waals surface area contributed by atoms with Crippen LogP contribution in [-0.2, 0) is 11.2 Å². The van der Waals surface area contributed by atoms with Crippen molar-refractivity contribution >= 4 is 12.0 Å². The molecule has 0 aromatic carbocycles. The molecule has 1 saturated heterocycles. The maximum absolute atomic E-state index is 12.1. The lowest BCUT2D eigenvalue weighted by Gasteiger charge is -2.32. The third kappa shape index (κ3) is 4.19. The number of imidazole rings is 1. The molecule has 0 bridgehead atoms. The molecule has 0 saturated carbocycles. The van der Waals surface area contributed by atoms with Crippen LogP contribution in [0.4, 0.5) is 4.79 Å². The zero-order valence-corrected chi connectivity index (χ0v) is 11.7. The molecule has 1 aliphatic rings.